The van der Waals surface area contributed by atoms with Gasteiger partial charge in [0.15, 0.2) is 0 Å². The number of hydrogen-bond donors (Lipinski definition) is 0. The van der Waals surface area contributed by atoms with Gasteiger partial charge in [-0.25, -0.2) is 12.8 Å². The van der Waals surface area contributed by atoms with Crippen LogP contribution in [0.5, 0.6) is 0 Å². The lowest BCUT2D eigenvalue weighted by molar-refractivity contribution is 0.0618. The van der Waals surface area contributed by atoms with Crippen molar-refractivity contribution in [2.75, 3.05) is 45.8 Å². The predicted molar refractivity (Wildman–Crippen MR) is 113 cm³/mol. The van der Waals surface area contributed by atoms with Crippen LogP contribution in [0.3, 0.4) is 0 Å². The van der Waals surface area contributed by atoms with E-state index < -0.39 is 21.7 Å². The van der Waals surface area contributed by atoms with Gasteiger partial charge in [-0.05, 0) is 36.6 Å². The summed E-state index contributed by atoms with van der Waals surface area (Å²) >= 11 is 0. The lowest BCUT2D eigenvalue weighted by Crippen LogP contribution is -2.49. The minimum Gasteiger partial charge on any atom is -0.336 e. The normalized spacial score (nSPS) is 16.4. The van der Waals surface area contributed by atoms with Crippen LogP contribution in [0.2, 0.25) is 0 Å². The van der Waals surface area contributed by atoms with Gasteiger partial charge in [0, 0.05) is 39.3 Å². The Morgan fingerprint density at radius 1 is 1.10 bits per heavy atom. The smallest absolute Gasteiger partial charge is 0.256 e. The summed E-state index contributed by atoms with van der Waals surface area (Å²) in [5.74, 6) is -1.14. The molecule has 1 aromatic rings. The Balaban J connectivity index is 2.12. The lowest BCUT2D eigenvalue weighted by atomic mass is 9.92. The van der Waals surface area contributed by atoms with E-state index in [0.29, 0.717) is 26.2 Å². The van der Waals surface area contributed by atoms with Crippen molar-refractivity contribution in [2.24, 2.45) is 5.41 Å². The molecule has 0 aliphatic carbocycles. The Morgan fingerprint density at radius 2 is 1.69 bits per heavy atom. The van der Waals surface area contributed by atoms with Crippen molar-refractivity contribution in [3.8, 4) is 0 Å². The fourth-order valence-corrected chi connectivity index (χ4v) is 4.86. The quantitative estimate of drug-likeness (QED) is 0.671. The number of carbonyl (C=O) groups is 1. The van der Waals surface area contributed by atoms with Gasteiger partial charge < -0.3 is 4.90 Å². The first-order chi connectivity index (χ1) is 13.5. The van der Waals surface area contributed by atoms with Gasteiger partial charge in [-0.2, -0.15) is 4.31 Å². The molecule has 1 aliphatic heterocycles. The van der Waals surface area contributed by atoms with Crippen LogP contribution in [0.25, 0.3) is 0 Å². The standard InChI is InChI=1S/C21H34FN3O3S/c1-6-25(7-2)29(27,28)17-8-9-19(22)18(16-17)20(26)24-14-12-23(13-15-24)11-10-21(3,4)5/h8-9,16H,6-7,10-15H2,1-5H3. The van der Waals surface area contributed by atoms with E-state index >= 15 is 0 Å². The summed E-state index contributed by atoms with van der Waals surface area (Å²) in [6.07, 6.45) is 1.07. The molecule has 0 spiro atoms. The van der Waals surface area contributed by atoms with Gasteiger partial charge in [0.2, 0.25) is 10.0 Å². The summed E-state index contributed by atoms with van der Waals surface area (Å²) in [5, 5.41) is 0. The fraction of sp³-hybridized carbons (Fsp3) is 0.667. The first-order valence-electron chi connectivity index (χ1n) is 10.3. The molecule has 0 atom stereocenters. The van der Waals surface area contributed by atoms with Crippen molar-refractivity contribution in [1.29, 1.82) is 0 Å². The monoisotopic (exact) mass is 427 g/mol. The molecule has 29 heavy (non-hydrogen) atoms. The van der Waals surface area contributed by atoms with Crippen LogP contribution in [-0.4, -0.2) is 74.2 Å². The third kappa shape index (κ3) is 5.99. The zero-order valence-corrected chi connectivity index (χ0v) is 19.1. The molecular weight excluding hydrogens is 393 g/mol. The highest BCUT2D eigenvalue weighted by molar-refractivity contribution is 7.89. The molecule has 0 saturated carbocycles. The number of rotatable bonds is 7. The van der Waals surface area contributed by atoms with Crippen LogP contribution < -0.4 is 0 Å². The second kappa shape index (κ2) is 9.53. The highest BCUT2D eigenvalue weighted by atomic mass is 32.2. The highest BCUT2D eigenvalue weighted by Crippen LogP contribution is 2.22. The average molecular weight is 428 g/mol. The highest BCUT2D eigenvalue weighted by Gasteiger charge is 2.28. The summed E-state index contributed by atoms with van der Waals surface area (Å²) in [5.41, 5.74) is 0.0775. The van der Waals surface area contributed by atoms with Crippen molar-refractivity contribution >= 4 is 15.9 Å². The summed E-state index contributed by atoms with van der Waals surface area (Å²) < 4.78 is 41.1. The zero-order chi connectivity index (χ0) is 21.8. The molecule has 8 heteroatoms. The molecule has 0 radical (unpaired) electrons. The second-order valence-corrected chi connectivity index (χ2v) is 10.6. The Bertz CT molecular complexity index is 809. The molecule has 0 aromatic heterocycles. The van der Waals surface area contributed by atoms with Gasteiger partial charge >= 0.3 is 0 Å². The molecule has 0 N–H and O–H groups in total. The van der Waals surface area contributed by atoms with E-state index in [1.807, 2.05) is 0 Å². The van der Waals surface area contributed by atoms with Crippen molar-refractivity contribution in [1.82, 2.24) is 14.1 Å². The minimum absolute atomic E-state index is 0.0465. The maximum absolute atomic E-state index is 14.4. The topological polar surface area (TPSA) is 60.9 Å². The number of amides is 1. The van der Waals surface area contributed by atoms with Gasteiger partial charge in [0.05, 0.1) is 10.5 Å². The fourth-order valence-electron chi connectivity index (χ4n) is 3.38. The summed E-state index contributed by atoms with van der Waals surface area (Å²) in [7, 11) is -3.75. The number of benzene rings is 1. The summed E-state index contributed by atoms with van der Waals surface area (Å²) in [6.45, 7) is 14.2. The first kappa shape index (κ1) is 23.8. The molecule has 1 saturated heterocycles. The molecule has 6 nitrogen and oxygen atoms in total. The van der Waals surface area contributed by atoms with Crippen LogP contribution in [0.15, 0.2) is 23.1 Å². The van der Waals surface area contributed by atoms with E-state index in [1.165, 1.54) is 16.4 Å². The number of carbonyl (C=O) groups excluding carboxylic acids is 1. The van der Waals surface area contributed by atoms with Crippen molar-refractivity contribution in [3.05, 3.63) is 29.6 Å². The van der Waals surface area contributed by atoms with Gasteiger partial charge in [-0.15, -0.1) is 0 Å². The van der Waals surface area contributed by atoms with Gasteiger partial charge in [0.1, 0.15) is 5.82 Å². The Morgan fingerprint density at radius 3 is 2.21 bits per heavy atom. The largest absolute Gasteiger partial charge is 0.336 e. The van der Waals surface area contributed by atoms with E-state index in [2.05, 4.69) is 25.7 Å². The first-order valence-corrected chi connectivity index (χ1v) is 11.7. The van der Waals surface area contributed by atoms with Gasteiger partial charge in [-0.3, -0.25) is 9.69 Å². The van der Waals surface area contributed by atoms with Crippen LogP contribution in [0.4, 0.5) is 4.39 Å². The summed E-state index contributed by atoms with van der Waals surface area (Å²) in [6, 6.07) is 3.48. The van der Waals surface area contributed by atoms with Crippen LogP contribution in [-0.2, 0) is 10.0 Å². The minimum atomic E-state index is -3.75. The van der Waals surface area contributed by atoms with E-state index in [0.717, 1.165) is 32.1 Å². The zero-order valence-electron chi connectivity index (χ0n) is 18.2. The molecule has 164 valence electrons. The van der Waals surface area contributed by atoms with Crippen molar-refractivity contribution in [2.45, 2.75) is 45.9 Å². The Kier molecular flexibility index (Phi) is 7.81. The SMILES string of the molecule is CCN(CC)S(=O)(=O)c1ccc(F)c(C(=O)N2CCN(CCC(C)(C)C)CC2)c1. The molecular formula is C21H34FN3O3S. The molecule has 0 unspecified atom stereocenters. The molecule has 0 bridgehead atoms. The number of sulfonamides is 1. The number of nitrogens with zero attached hydrogens (tertiary/aromatic N) is 3. The van der Waals surface area contributed by atoms with Crippen LogP contribution in [0.1, 0.15) is 51.4 Å². The Hall–Kier alpha value is -1.51. The maximum atomic E-state index is 14.4. The van der Waals surface area contributed by atoms with Crippen LogP contribution in [0, 0.1) is 11.2 Å². The summed E-state index contributed by atoms with van der Waals surface area (Å²) in [4.78, 5) is 16.8. The molecule has 1 heterocycles. The number of halogens is 1. The third-order valence-electron chi connectivity index (χ3n) is 5.35. The third-order valence-corrected chi connectivity index (χ3v) is 7.39. The number of hydrogen-bond acceptors (Lipinski definition) is 4. The molecule has 1 aromatic carbocycles. The average Bonchev–Trinajstić information content (AvgIpc) is 2.66. The van der Waals surface area contributed by atoms with Crippen LogP contribution >= 0.6 is 0 Å². The van der Waals surface area contributed by atoms with E-state index in [-0.39, 0.29) is 15.9 Å². The lowest BCUT2D eigenvalue weighted by Gasteiger charge is -2.36. The number of piperazine rings is 1. The van der Waals surface area contributed by atoms with E-state index in [1.54, 1.807) is 18.7 Å². The molecule has 1 amide bonds. The van der Waals surface area contributed by atoms with E-state index in [4.69, 9.17) is 0 Å². The van der Waals surface area contributed by atoms with Crippen molar-refractivity contribution in [3.63, 3.8) is 0 Å². The van der Waals surface area contributed by atoms with Gasteiger partial charge in [0.25, 0.3) is 5.91 Å². The predicted octanol–water partition coefficient (Wildman–Crippen LogP) is 3.05. The van der Waals surface area contributed by atoms with Gasteiger partial charge in [-0.1, -0.05) is 34.6 Å². The molecule has 1 aliphatic rings. The maximum Gasteiger partial charge on any atom is 0.256 e. The van der Waals surface area contributed by atoms with Crippen molar-refractivity contribution < 1.29 is 17.6 Å². The second-order valence-electron chi connectivity index (χ2n) is 8.68. The van der Waals surface area contributed by atoms with E-state index in [9.17, 15) is 17.6 Å². The Labute approximate surface area is 174 Å². The molecule has 2 rings (SSSR count). The molecule has 1 fully saturated rings.